The van der Waals surface area contributed by atoms with E-state index in [0.29, 0.717) is 6.42 Å². The van der Waals surface area contributed by atoms with Gasteiger partial charge in [-0.1, -0.05) is 6.08 Å². The van der Waals surface area contributed by atoms with Crippen LogP contribution in [0.2, 0.25) is 0 Å². The predicted octanol–water partition coefficient (Wildman–Crippen LogP) is 1.65. The molecule has 7 heteroatoms. The van der Waals surface area contributed by atoms with Gasteiger partial charge in [-0.05, 0) is 20.8 Å². The van der Waals surface area contributed by atoms with E-state index in [9.17, 15) is 9.59 Å². The zero-order chi connectivity index (χ0) is 16.0. The van der Waals surface area contributed by atoms with Gasteiger partial charge >= 0.3 is 6.09 Å². The number of rotatable bonds is 5. The lowest BCUT2D eigenvalue weighted by Crippen LogP contribution is -2.48. The van der Waals surface area contributed by atoms with E-state index in [1.54, 1.807) is 27.0 Å². The first kappa shape index (κ1) is 17.2. The van der Waals surface area contributed by atoms with Gasteiger partial charge in [0.15, 0.2) is 0 Å². The van der Waals surface area contributed by atoms with Crippen LogP contribution in [-0.2, 0) is 14.4 Å². The summed E-state index contributed by atoms with van der Waals surface area (Å²) in [6.45, 7) is 5.28. The molecule has 0 saturated carbocycles. The molecule has 21 heavy (non-hydrogen) atoms. The molecule has 0 bridgehead atoms. The van der Waals surface area contributed by atoms with Crippen molar-refractivity contribution < 1.29 is 19.2 Å². The van der Waals surface area contributed by atoms with E-state index in [1.165, 1.54) is 14.2 Å². The van der Waals surface area contributed by atoms with E-state index in [-0.39, 0.29) is 5.91 Å². The number of carbonyl (C=O) groups is 2. The van der Waals surface area contributed by atoms with Crippen LogP contribution in [0.3, 0.4) is 0 Å². The minimum Gasteiger partial charge on any atom is -0.444 e. The van der Waals surface area contributed by atoms with Gasteiger partial charge in [-0.2, -0.15) is 0 Å². The van der Waals surface area contributed by atoms with E-state index < -0.39 is 17.7 Å². The maximum Gasteiger partial charge on any atom is 0.408 e. The Balaban J connectivity index is 2.74. The van der Waals surface area contributed by atoms with Gasteiger partial charge in [-0.15, -0.1) is 0 Å². The highest BCUT2D eigenvalue weighted by Crippen LogP contribution is 2.15. The molecule has 1 aliphatic heterocycles. The maximum atomic E-state index is 12.2. The SMILES string of the molecule is CON(C)C(=O)[C@@H](CC1=CCC=N1)NC(=O)OC(C)(C)C. The molecule has 0 unspecified atom stereocenters. The Kier molecular flexibility index (Phi) is 5.90. The molecule has 0 saturated heterocycles. The fraction of sp³-hybridized carbons (Fsp3) is 0.643. The van der Waals surface area contributed by atoms with Gasteiger partial charge in [0, 0.05) is 31.8 Å². The van der Waals surface area contributed by atoms with Crippen LogP contribution in [0.1, 0.15) is 33.6 Å². The third-order valence-corrected chi connectivity index (χ3v) is 2.70. The summed E-state index contributed by atoms with van der Waals surface area (Å²) >= 11 is 0. The first-order valence-corrected chi connectivity index (χ1v) is 6.75. The largest absolute Gasteiger partial charge is 0.444 e. The van der Waals surface area contributed by atoms with Crippen molar-refractivity contribution in [2.45, 2.75) is 45.3 Å². The molecular weight excluding hydrogens is 274 g/mol. The molecule has 0 fully saturated rings. The molecule has 0 aromatic rings. The van der Waals surface area contributed by atoms with Crippen molar-refractivity contribution in [3.63, 3.8) is 0 Å². The second-order valence-corrected chi connectivity index (χ2v) is 5.66. The van der Waals surface area contributed by atoms with Crippen molar-refractivity contribution >= 4 is 18.2 Å². The molecular formula is C14H23N3O4. The molecule has 118 valence electrons. The summed E-state index contributed by atoms with van der Waals surface area (Å²) in [5, 5.41) is 3.64. The molecule has 7 nitrogen and oxygen atoms in total. The van der Waals surface area contributed by atoms with Crippen molar-refractivity contribution in [1.29, 1.82) is 0 Å². The standard InChI is InChI=1S/C14H23N3O4/c1-14(2,3)21-13(19)16-11(12(18)17(4)20-5)9-10-7-6-8-15-10/h7-8,11H,6,9H2,1-5H3,(H,16,19)/t11-/m1/s1. The molecule has 0 radical (unpaired) electrons. The van der Waals surface area contributed by atoms with Crippen molar-refractivity contribution in [3.05, 3.63) is 11.8 Å². The first-order valence-electron chi connectivity index (χ1n) is 6.75. The average molecular weight is 297 g/mol. The topological polar surface area (TPSA) is 80.2 Å². The van der Waals surface area contributed by atoms with E-state index in [4.69, 9.17) is 9.57 Å². The Labute approximate surface area is 124 Å². The molecule has 1 atom stereocenters. The minimum absolute atomic E-state index is 0.294. The van der Waals surface area contributed by atoms with Crippen molar-refractivity contribution in [2.75, 3.05) is 14.2 Å². The van der Waals surface area contributed by atoms with Crippen LogP contribution in [0.25, 0.3) is 0 Å². The lowest BCUT2D eigenvalue weighted by molar-refractivity contribution is -0.171. The number of carbonyl (C=O) groups excluding carboxylic acids is 2. The molecule has 1 N–H and O–H groups in total. The fourth-order valence-corrected chi connectivity index (χ4v) is 1.72. The van der Waals surface area contributed by atoms with E-state index >= 15 is 0 Å². The molecule has 0 aromatic heterocycles. The third kappa shape index (κ3) is 5.95. The number of hydroxylamine groups is 2. The van der Waals surface area contributed by atoms with Gasteiger partial charge < -0.3 is 10.1 Å². The number of alkyl carbamates (subject to hydrolysis) is 1. The average Bonchev–Trinajstić information content (AvgIpc) is 2.86. The van der Waals surface area contributed by atoms with Crippen molar-refractivity contribution in [3.8, 4) is 0 Å². The number of nitrogens with one attached hydrogen (secondary N) is 1. The lowest BCUT2D eigenvalue weighted by atomic mass is 10.1. The number of nitrogens with zero attached hydrogens (tertiary/aromatic N) is 2. The quantitative estimate of drug-likeness (QED) is 0.782. The highest BCUT2D eigenvalue weighted by Gasteiger charge is 2.28. The molecule has 0 aliphatic carbocycles. The Hall–Kier alpha value is -1.89. The van der Waals surface area contributed by atoms with Crippen molar-refractivity contribution in [1.82, 2.24) is 10.4 Å². The summed E-state index contributed by atoms with van der Waals surface area (Å²) in [7, 11) is 2.87. The summed E-state index contributed by atoms with van der Waals surface area (Å²) in [5.74, 6) is -0.369. The van der Waals surface area contributed by atoms with E-state index in [1.807, 2.05) is 6.08 Å². The predicted molar refractivity (Wildman–Crippen MR) is 78.7 cm³/mol. The highest BCUT2D eigenvalue weighted by molar-refractivity contribution is 5.85. The second kappa shape index (κ2) is 7.21. The minimum atomic E-state index is -0.786. The van der Waals surface area contributed by atoms with Crippen LogP contribution in [0.15, 0.2) is 16.8 Å². The number of likely N-dealkylation sites (N-methyl/N-ethyl adjacent to an activating group) is 1. The number of hydrogen-bond acceptors (Lipinski definition) is 5. The van der Waals surface area contributed by atoms with E-state index in [0.717, 1.165) is 17.2 Å². The Morgan fingerprint density at radius 2 is 2.14 bits per heavy atom. The van der Waals surface area contributed by atoms with Crippen LogP contribution in [0.5, 0.6) is 0 Å². The Morgan fingerprint density at radius 3 is 2.62 bits per heavy atom. The number of hydrogen-bond donors (Lipinski definition) is 1. The maximum absolute atomic E-state index is 12.2. The Bertz CT molecular complexity index is 452. The van der Waals surface area contributed by atoms with Gasteiger partial charge in [-0.25, -0.2) is 9.86 Å². The summed E-state index contributed by atoms with van der Waals surface area (Å²) in [5.41, 5.74) is 0.129. The molecule has 1 rings (SSSR count). The fourth-order valence-electron chi connectivity index (χ4n) is 1.72. The summed E-state index contributed by atoms with van der Waals surface area (Å²) in [6, 6.07) is -0.786. The van der Waals surface area contributed by atoms with Gasteiger partial charge in [-0.3, -0.25) is 14.6 Å². The monoisotopic (exact) mass is 297 g/mol. The van der Waals surface area contributed by atoms with E-state index in [2.05, 4.69) is 10.3 Å². The lowest BCUT2D eigenvalue weighted by Gasteiger charge is -2.25. The summed E-state index contributed by atoms with van der Waals surface area (Å²) in [4.78, 5) is 33.1. The number of amides is 2. The zero-order valence-electron chi connectivity index (χ0n) is 13.2. The first-order chi connectivity index (χ1) is 9.73. The van der Waals surface area contributed by atoms with Gasteiger partial charge in [0.05, 0.1) is 7.11 Å². The van der Waals surface area contributed by atoms with Gasteiger partial charge in [0.2, 0.25) is 0 Å². The molecule has 0 spiro atoms. The molecule has 1 aliphatic rings. The Morgan fingerprint density at radius 1 is 1.48 bits per heavy atom. The van der Waals surface area contributed by atoms with Crippen molar-refractivity contribution in [2.24, 2.45) is 4.99 Å². The van der Waals surface area contributed by atoms with Crippen LogP contribution in [0.4, 0.5) is 4.79 Å². The normalized spacial score (nSPS) is 15.4. The third-order valence-electron chi connectivity index (χ3n) is 2.70. The smallest absolute Gasteiger partial charge is 0.408 e. The molecule has 0 aromatic carbocycles. The highest BCUT2D eigenvalue weighted by atomic mass is 16.7. The van der Waals surface area contributed by atoms with Crippen LogP contribution >= 0.6 is 0 Å². The summed E-state index contributed by atoms with van der Waals surface area (Å²) < 4.78 is 5.18. The van der Waals surface area contributed by atoms with Gasteiger partial charge in [0.1, 0.15) is 11.6 Å². The van der Waals surface area contributed by atoms with Crippen LogP contribution < -0.4 is 5.32 Å². The number of allylic oxidation sites excluding steroid dienone is 1. The van der Waals surface area contributed by atoms with Gasteiger partial charge in [0.25, 0.3) is 5.91 Å². The molecule has 1 heterocycles. The molecule has 2 amide bonds. The number of aliphatic imine (C=N–C) groups is 1. The summed E-state index contributed by atoms with van der Waals surface area (Å²) in [6.07, 6.45) is 4.05. The number of ether oxygens (including phenoxy) is 1. The second-order valence-electron chi connectivity index (χ2n) is 5.66. The van der Waals surface area contributed by atoms with Crippen LogP contribution in [0, 0.1) is 0 Å². The zero-order valence-corrected chi connectivity index (χ0v) is 13.2. The van der Waals surface area contributed by atoms with Crippen LogP contribution in [-0.4, -0.2) is 49.1 Å².